The predicted octanol–water partition coefficient (Wildman–Crippen LogP) is 3.51. The molecule has 1 aliphatic heterocycles. The van der Waals surface area contributed by atoms with Crippen molar-refractivity contribution in [3.8, 4) is 11.3 Å². The van der Waals surface area contributed by atoms with Gasteiger partial charge in [0.05, 0.1) is 5.69 Å². The molecule has 0 saturated carbocycles. The number of hydrogen-bond acceptors (Lipinski definition) is 5. The first-order valence-electron chi connectivity index (χ1n) is 8.39. The maximum absolute atomic E-state index is 4.68. The number of benzene rings is 1. The fraction of sp³-hybridized carbons (Fsp3) is 0.389. The summed E-state index contributed by atoms with van der Waals surface area (Å²) in [5.74, 6) is 1.76. The second kappa shape index (κ2) is 6.81. The molecule has 6 heteroatoms. The number of fused-ring (bicyclic) bond motifs is 1. The molecule has 2 aromatic heterocycles. The van der Waals surface area contributed by atoms with Gasteiger partial charge in [-0.05, 0) is 19.1 Å². The van der Waals surface area contributed by atoms with E-state index in [1.54, 1.807) is 6.33 Å². The highest BCUT2D eigenvalue weighted by Gasteiger charge is 2.21. The van der Waals surface area contributed by atoms with E-state index in [1.807, 2.05) is 34.5 Å². The molecule has 1 aliphatic rings. The van der Waals surface area contributed by atoms with Gasteiger partial charge in [-0.15, -0.1) is 0 Å². The summed E-state index contributed by atoms with van der Waals surface area (Å²) in [7, 11) is 0. The number of thioether (sulfide) groups is 1. The minimum atomic E-state index is 0.663. The van der Waals surface area contributed by atoms with E-state index in [1.165, 1.54) is 19.3 Å². The molecular formula is C18H21N5S. The molecule has 4 rings (SSSR count). The maximum Gasteiger partial charge on any atom is 0.254 e. The Morgan fingerprint density at radius 2 is 2.04 bits per heavy atom. The van der Waals surface area contributed by atoms with Crippen molar-refractivity contribution in [2.24, 2.45) is 0 Å². The summed E-state index contributed by atoms with van der Waals surface area (Å²) in [6.45, 7) is 2.11. The molecule has 1 unspecified atom stereocenters. The number of rotatable bonds is 3. The van der Waals surface area contributed by atoms with Crippen molar-refractivity contribution in [3.63, 3.8) is 0 Å². The average molecular weight is 339 g/mol. The molecule has 3 heterocycles. The minimum absolute atomic E-state index is 0.663. The molecule has 0 amide bonds. The molecule has 1 aromatic carbocycles. The first-order chi connectivity index (χ1) is 11.8. The van der Waals surface area contributed by atoms with Gasteiger partial charge in [-0.3, -0.25) is 0 Å². The molecule has 0 radical (unpaired) electrons. The Bertz CT molecular complexity index is 817. The largest absolute Gasteiger partial charge is 0.355 e. The van der Waals surface area contributed by atoms with E-state index in [2.05, 4.69) is 44.4 Å². The van der Waals surface area contributed by atoms with Gasteiger partial charge < -0.3 is 4.90 Å². The third-order valence-electron chi connectivity index (χ3n) is 4.59. The lowest BCUT2D eigenvalue weighted by Gasteiger charge is -2.26. The zero-order valence-electron chi connectivity index (χ0n) is 13.8. The smallest absolute Gasteiger partial charge is 0.254 e. The quantitative estimate of drug-likeness (QED) is 0.731. The van der Waals surface area contributed by atoms with Crippen LogP contribution in [0.5, 0.6) is 0 Å². The van der Waals surface area contributed by atoms with Crippen molar-refractivity contribution in [3.05, 3.63) is 42.7 Å². The zero-order chi connectivity index (χ0) is 16.4. The summed E-state index contributed by atoms with van der Waals surface area (Å²) in [5.41, 5.74) is 2.07. The summed E-state index contributed by atoms with van der Waals surface area (Å²) >= 11 is 1.96. The van der Waals surface area contributed by atoms with Crippen LogP contribution in [0.3, 0.4) is 0 Å². The van der Waals surface area contributed by atoms with Crippen LogP contribution >= 0.6 is 11.8 Å². The Morgan fingerprint density at radius 1 is 1.17 bits per heavy atom. The van der Waals surface area contributed by atoms with E-state index in [4.69, 9.17) is 0 Å². The highest BCUT2D eigenvalue weighted by Crippen LogP contribution is 2.27. The van der Waals surface area contributed by atoms with Gasteiger partial charge in [0.1, 0.15) is 12.1 Å². The molecule has 0 aliphatic carbocycles. The lowest BCUT2D eigenvalue weighted by molar-refractivity contribution is 0.735. The second-order valence-electron chi connectivity index (χ2n) is 6.14. The van der Waals surface area contributed by atoms with Crippen LogP contribution in [-0.4, -0.2) is 44.2 Å². The first-order valence-corrected chi connectivity index (χ1v) is 9.68. The van der Waals surface area contributed by atoms with Crippen molar-refractivity contribution in [2.45, 2.75) is 24.5 Å². The summed E-state index contributed by atoms with van der Waals surface area (Å²) in [4.78, 5) is 11.5. The molecule has 3 aromatic rings. The van der Waals surface area contributed by atoms with Crippen LogP contribution in [-0.2, 0) is 0 Å². The minimum Gasteiger partial charge on any atom is -0.355 e. The van der Waals surface area contributed by atoms with Crippen LogP contribution in [0, 0.1) is 0 Å². The summed E-state index contributed by atoms with van der Waals surface area (Å²) in [5, 5.41) is 5.07. The van der Waals surface area contributed by atoms with E-state index in [0.29, 0.717) is 11.0 Å². The highest BCUT2D eigenvalue weighted by molar-refractivity contribution is 7.99. The number of aromatic nitrogens is 4. The Kier molecular flexibility index (Phi) is 4.38. The van der Waals surface area contributed by atoms with Gasteiger partial charge in [-0.1, -0.05) is 36.8 Å². The molecular weight excluding hydrogens is 318 g/mol. The monoisotopic (exact) mass is 339 g/mol. The van der Waals surface area contributed by atoms with Crippen molar-refractivity contribution >= 4 is 23.4 Å². The van der Waals surface area contributed by atoms with E-state index in [9.17, 15) is 0 Å². The molecule has 1 saturated heterocycles. The zero-order valence-corrected chi connectivity index (χ0v) is 14.6. The van der Waals surface area contributed by atoms with Crippen molar-refractivity contribution in [2.75, 3.05) is 24.2 Å². The van der Waals surface area contributed by atoms with E-state index >= 15 is 0 Å². The SMILES string of the molecule is CSC1CCCCN(c2cc(-c3ccccc3)nc3ncnn23)C1. The van der Waals surface area contributed by atoms with E-state index in [0.717, 1.165) is 30.2 Å². The van der Waals surface area contributed by atoms with Gasteiger partial charge in [0, 0.05) is 30.0 Å². The van der Waals surface area contributed by atoms with Crippen LogP contribution in [0.2, 0.25) is 0 Å². The molecule has 5 nitrogen and oxygen atoms in total. The lowest BCUT2D eigenvalue weighted by Crippen LogP contribution is -2.31. The molecule has 0 spiro atoms. The number of nitrogens with zero attached hydrogens (tertiary/aromatic N) is 5. The lowest BCUT2D eigenvalue weighted by atomic mass is 10.1. The van der Waals surface area contributed by atoms with Crippen LogP contribution in [0.1, 0.15) is 19.3 Å². The third-order valence-corrected chi connectivity index (χ3v) is 5.64. The van der Waals surface area contributed by atoms with Gasteiger partial charge in [0.15, 0.2) is 0 Å². The molecule has 124 valence electrons. The summed E-state index contributed by atoms with van der Waals surface area (Å²) in [6, 6.07) is 12.4. The number of hydrogen-bond donors (Lipinski definition) is 0. The Hall–Kier alpha value is -2.08. The van der Waals surface area contributed by atoms with Crippen LogP contribution in [0.15, 0.2) is 42.7 Å². The topological polar surface area (TPSA) is 46.3 Å². The molecule has 24 heavy (non-hydrogen) atoms. The molecule has 0 N–H and O–H groups in total. The average Bonchev–Trinajstić information content (AvgIpc) is 2.98. The Balaban J connectivity index is 1.80. The first kappa shape index (κ1) is 15.4. The summed E-state index contributed by atoms with van der Waals surface area (Å²) < 4.78 is 1.87. The van der Waals surface area contributed by atoms with Gasteiger partial charge >= 0.3 is 0 Å². The van der Waals surface area contributed by atoms with Gasteiger partial charge in [0.25, 0.3) is 5.78 Å². The number of anilines is 1. The van der Waals surface area contributed by atoms with Gasteiger partial charge in [-0.25, -0.2) is 4.98 Å². The van der Waals surface area contributed by atoms with Crippen molar-refractivity contribution in [1.29, 1.82) is 0 Å². The molecule has 1 fully saturated rings. The normalized spacial score (nSPS) is 18.7. The third kappa shape index (κ3) is 2.98. The Labute approximate surface area is 146 Å². The van der Waals surface area contributed by atoms with E-state index < -0.39 is 0 Å². The van der Waals surface area contributed by atoms with E-state index in [-0.39, 0.29) is 0 Å². The van der Waals surface area contributed by atoms with Gasteiger partial charge in [-0.2, -0.15) is 26.4 Å². The van der Waals surface area contributed by atoms with Crippen LogP contribution < -0.4 is 4.90 Å². The second-order valence-corrected chi connectivity index (χ2v) is 7.28. The van der Waals surface area contributed by atoms with Crippen LogP contribution in [0.4, 0.5) is 5.82 Å². The van der Waals surface area contributed by atoms with Gasteiger partial charge in [0.2, 0.25) is 0 Å². The Morgan fingerprint density at radius 3 is 2.88 bits per heavy atom. The van der Waals surface area contributed by atoms with Crippen molar-refractivity contribution in [1.82, 2.24) is 19.6 Å². The summed E-state index contributed by atoms with van der Waals surface area (Å²) in [6.07, 6.45) is 7.59. The standard InChI is InChI=1S/C18H21N5S/c1-24-15-9-5-6-10-22(12-15)17-11-16(14-7-3-2-4-8-14)21-18-19-13-20-23(17)18/h2-4,7-8,11,13,15H,5-6,9-10,12H2,1H3. The van der Waals surface area contributed by atoms with Crippen LogP contribution in [0.25, 0.3) is 17.0 Å². The molecule has 0 bridgehead atoms. The fourth-order valence-electron chi connectivity index (χ4n) is 3.28. The highest BCUT2D eigenvalue weighted by atomic mass is 32.2. The van der Waals surface area contributed by atoms with Crippen molar-refractivity contribution < 1.29 is 0 Å². The molecule has 1 atom stereocenters. The maximum atomic E-state index is 4.68. The predicted molar refractivity (Wildman–Crippen MR) is 99.6 cm³/mol. The fourth-order valence-corrected chi connectivity index (χ4v) is 4.01.